The van der Waals surface area contributed by atoms with E-state index >= 15 is 0 Å². The van der Waals surface area contributed by atoms with Crippen LogP contribution in [0.25, 0.3) is 0 Å². The minimum absolute atomic E-state index is 0.0184. The average Bonchev–Trinajstić information content (AvgIpc) is 3.22. The minimum Gasteiger partial charge on any atom is -0.480 e. The number of guanidine groups is 2. The van der Waals surface area contributed by atoms with Gasteiger partial charge in [-0.25, -0.2) is 4.79 Å². The number of amides is 7. The van der Waals surface area contributed by atoms with Crippen LogP contribution >= 0.6 is 0 Å². The molecule has 1 aromatic rings. The van der Waals surface area contributed by atoms with Gasteiger partial charge in [0, 0.05) is 19.5 Å². The molecular formula is C37H62N14O11. The number of carboxylic acids is 1. The number of hydrogen-bond acceptors (Lipinski definition) is 13. The van der Waals surface area contributed by atoms with E-state index in [-0.39, 0.29) is 50.7 Å². The molecular weight excluding hydrogens is 816 g/mol. The number of aliphatic imine (C=N–C) groups is 2. The van der Waals surface area contributed by atoms with E-state index < -0.39 is 115 Å². The zero-order chi connectivity index (χ0) is 46.9. The van der Waals surface area contributed by atoms with Crippen LogP contribution in [0.15, 0.2) is 40.3 Å². The summed E-state index contributed by atoms with van der Waals surface area (Å²) >= 11 is 0. The largest absolute Gasteiger partial charge is 0.480 e. The fraction of sp³-hybridized carbons (Fsp3) is 0.568. The van der Waals surface area contributed by atoms with Crippen molar-refractivity contribution in [3.63, 3.8) is 0 Å². The first-order chi connectivity index (χ1) is 29.2. The van der Waals surface area contributed by atoms with Crippen molar-refractivity contribution in [1.29, 1.82) is 0 Å². The quantitative estimate of drug-likeness (QED) is 0.0202. The molecule has 0 unspecified atom stereocenters. The van der Waals surface area contributed by atoms with Gasteiger partial charge < -0.3 is 81.6 Å². The van der Waals surface area contributed by atoms with Gasteiger partial charge in [0.15, 0.2) is 11.9 Å². The van der Waals surface area contributed by atoms with Crippen LogP contribution in [0.2, 0.25) is 0 Å². The fourth-order valence-electron chi connectivity index (χ4n) is 5.58. The van der Waals surface area contributed by atoms with E-state index in [1.165, 1.54) is 0 Å². The lowest BCUT2D eigenvalue weighted by Crippen LogP contribution is -2.61. The van der Waals surface area contributed by atoms with Crippen molar-refractivity contribution in [1.82, 2.24) is 31.9 Å². The zero-order valence-corrected chi connectivity index (χ0v) is 34.7. The summed E-state index contributed by atoms with van der Waals surface area (Å²) in [6.45, 7) is 1.62. The highest BCUT2D eigenvalue weighted by molar-refractivity contribution is 5.98. The zero-order valence-electron chi connectivity index (χ0n) is 34.7. The highest BCUT2D eigenvalue weighted by atomic mass is 16.4. The number of aliphatic hydroxyl groups is 2. The Labute approximate surface area is 358 Å². The smallest absolute Gasteiger partial charge is 0.328 e. The van der Waals surface area contributed by atoms with Crippen molar-refractivity contribution in [3.05, 3.63) is 35.9 Å². The summed E-state index contributed by atoms with van der Waals surface area (Å²) in [5, 5.41) is 43.2. The Balaban J connectivity index is 3.33. The molecule has 0 spiro atoms. The van der Waals surface area contributed by atoms with Crippen molar-refractivity contribution >= 4 is 59.2 Å². The molecule has 0 saturated heterocycles. The summed E-state index contributed by atoms with van der Waals surface area (Å²) in [5.41, 5.74) is 33.4. The number of carbonyl (C=O) groups is 8. The topological polar surface area (TPSA) is 450 Å². The third-order valence-corrected chi connectivity index (χ3v) is 9.24. The number of rotatable bonds is 29. The van der Waals surface area contributed by atoms with E-state index in [1.807, 2.05) is 0 Å². The molecule has 1 aromatic carbocycles. The lowest BCUT2D eigenvalue weighted by molar-refractivity contribution is -0.143. The first kappa shape index (κ1) is 53.4. The van der Waals surface area contributed by atoms with E-state index in [2.05, 4.69) is 41.9 Å². The molecule has 8 atom stereocenters. The van der Waals surface area contributed by atoms with Crippen molar-refractivity contribution in [2.75, 3.05) is 26.3 Å². The lowest BCUT2D eigenvalue weighted by Gasteiger charge is -2.28. The molecule has 0 aliphatic heterocycles. The summed E-state index contributed by atoms with van der Waals surface area (Å²) in [5.74, 6) is -9.31. The van der Waals surface area contributed by atoms with Crippen LogP contribution in [-0.4, -0.2) is 143 Å². The number of aliphatic carboxylic acids is 1. The number of hydrogen-bond donors (Lipinski definition) is 15. The van der Waals surface area contributed by atoms with Gasteiger partial charge in [-0.2, -0.15) is 0 Å². The maximum atomic E-state index is 13.8. The number of nitrogens with two attached hydrogens (primary N) is 6. The van der Waals surface area contributed by atoms with Gasteiger partial charge in [0.05, 0.1) is 25.7 Å². The van der Waals surface area contributed by atoms with Gasteiger partial charge in [-0.3, -0.25) is 43.5 Å². The van der Waals surface area contributed by atoms with Crippen LogP contribution in [0.5, 0.6) is 0 Å². The van der Waals surface area contributed by atoms with Gasteiger partial charge in [0.2, 0.25) is 41.4 Å². The van der Waals surface area contributed by atoms with E-state index in [0.29, 0.717) is 18.4 Å². The van der Waals surface area contributed by atoms with Crippen LogP contribution in [0, 0.1) is 5.92 Å². The number of benzene rings is 1. The van der Waals surface area contributed by atoms with Gasteiger partial charge in [-0.15, -0.1) is 0 Å². The van der Waals surface area contributed by atoms with Crippen molar-refractivity contribution < 1.29 is 53.7 Å². The standard InChI is InChI=1S/C37H62N14O11/c1-3-19(2)28(51-29(55)21(38)11-7-13-44-36(40)41)34(60)49-25(17-52)33(59)48-24(16-27(39)54)32(58)46-22(12-8-14-45-37(42)43)30(56)47-23(15-20-9-5-4-6-10-20)31(57)50-26(18-53)35(61)62/h4-6,9-10,19,21-26,28,52-53H,3,7-8,11-18,38H2,1-2H3,(H2,39,54)(H,46,58)(H,47,56)(H,48,59)(H,49,60)(H,50,57)(H,51,55)(H,61,62)(H4,40,41,44)(H4,42,43,45)/t19-,21-,22-,23-,24-,25-,26-,28-/m0/s1. The molecule has 1 rings (SSSR count). The molecule has 0 radical (unpaired) electrons. The summed E-state index contributed by atoms with van der Waals surface area (Å²) in [7, 11) is 0. The molecule has 0 aromatic heterocycles. The number of carboxylic acid groups (broad SMARTS) is 1. The van der Waals surface area contributed by atoms with Gasteiger partial charge in [0.1, 0.15) is 36.3 Å². The first-order valence-electron chi connectivity index (χ1n) is 19.7. The van der Waals surface area contributed by atoms with Crippen LogP contribution < -0.4 is 66.3 Å². The lowest BCUT2D eigenvalue weighted by atomic mass is 9.97. The van der Waals surface area contributed by atoms with E-state index in [1.54, 1.807) is 44.2 Å². The molecule has 0 saturated carbocycles. The van der Waals surface area contributed by atoms with Gasteiger partial charge in [0.25, 0.3) is 0 Å². The van der Waals surface area contributed by atoms with Crippen molar-refractivity contribution in [2.24, 2.45) is 50.3 Å². The number of nitrogens with zero attached hydrogens (tertiary/aromatic N) is 2. The Kier molecular flexibility index (Phi) is 24.1. The predicted octanol–water partition coefficient (Wildman–Crippen LogP) is -6.44. The van der Waals surface area contributed by atoms with Gasteiger partial charge in [-0.05, 0) is 37.2 Å². The summed E-state index contributed by atoms with van der Waals surface area (Å²) in [6, 6.07) is -2.16. The van der Waals surface area contributed by atoms with Crippen molar-refractivity contribution in [2.45, 2.75) is 101 Å². The van der Waals surface area contributed by atoms with Crippen molar-refractivity contribution in [3.8, 4) is 0 Å². The second-order valence-electron chi connectivity index (χ2n) is 14.2. The molecule has 0 aliphatic carbocycles. The second-order valence-corrected chi connectivity index (χ2v) is 14.2. The summed E-state index contributed by atoms with van der Waals surface area (Å²) < 4.78 is 0. The van der Waals surface area contributed by atoms with Crippen LogP contribution in [0.4, 0.5) is 0 Å². The van der Waals surface area contributed by atoms with Gasteiger partial charge >= 0.3 is 5.97 Å². The molecule has 62 heavy (non-hydrogen) atoms. The van der Waals surface area contributed by atoms with Crippen LogP contribution in [0.3, 0.4) is 0 Å². The third kappa shape index (κ3) is 20.1. The Morgan fingerprint density at radius 1 is 0.613 bits per heavy atom. The molecule has 7 amide bonds. The molecule has 0 heterocycles. The predicted molar refractivity (Wildman–Crippen MR) is 225 cm³/mol. The fourth-order valence-corrected chi connectivity index (χ4v) is 5.58. The molecule has 0 aliphatic rings. The van der Waals surface area contributed by atoms with Crippen LogP contribution in [-0.2, 0) is 44.8 Å². The average molecular weight is 879 g/mol. The first-order valence-corrected chi connectivity index (χ1v) is 19.7. The third-order valence-electron chi connectivity index (χ3n) is 9.24. The molecule has 21 N–H and O–H groups in total. The Bertz CT molecular complexity index is 1720. The van der Waals surface area contributed by atoms with E-state index in [4.69, 9.17) is 34.4 Å². The number of primary amides is 1. The minimum atomic E-state index is -1.79. The van der Waals surface area contributed by atoms with E-state index in [9.17, 15) is 53.7 Å². The highest BCUT2D eigenvalue weighted by Crippen LogP contribution is 2.11. The Morgan fingerprint density at radius 3 is 1.60 bits per heavy atom. The molecule has 25 heteroatoms. The highest BCUT2D eigenvalue weighted by Gasteiger charge is 2.35. The molecule has 25 nitrogen and oxygen atoms in total. The van der Waals surface area contributed by atoms with Gasteiger partial charge in [-0.1, -0.05) is 50.6 Å². The van der Waals surface area contributed by atoms with Crippen LogP contribution in [0.1, 0.15) is 57.9 Å². The maximum absolute atomic E-state index is 13.8. The normalized spacial score (nSPS) is 14.7. The second kappa shape index (κ2) is 28.0. The SMILES string of the molecule is CC[C@H](C)[C@H](NC(=O)[C@@H](N)CCCN=C(N)N)C(=O)N[C@@H](CO)C(=O)N[C@@H](CC(N)=O)C(=O)N[C@@H](CCCN=C(N)N)C(=O)N[C@@H](Cc1ccccc1)C(=O)N[C@@H](CO)C(=O)O. The maximum Gasteiger partial charge on any atom is 0.328 e. The monoisotopic (exact) mass is 878 g/mol. The summed E-state index contributed by atoms with van der Waals surface area (Å²) in [4.78, 5) is 112. The molecule has 0 bridgehead atoms. The van der Waals surface area contributed by atoms with E-state index in [0.717, 1.165) is 0 Å². The number of nitrogens with one attached hydrogen (secondary N) is 6. The number of aliphatic hydroxyl groups excluding tert-OH is 2. The Hall–Kier alpha value is -6.60. The Morgan fingerprint density at radius 2 is 1.08 bits per heavy atom. The summed E-state index contributed by atoms with van der Waals surface area (Å²) in [6.07, 6.45) is -0.183. The molecule has 346 valence electrons. The number of carbonyl (C=O) groups excluding carboxylic acids is 7. The molecule has 0 fully saturated rings.